The van der Waals surface area contributed by atoms with Crippen LogP contribution in [0.2, 0.25) is 0 Å². The number of hydrogen-bond acceptors (Lipinski definition) is 5. The van der Waals surface area contributed by atoms with Gasteiger partial charge in [0.15, 0.2) is 11.5 Å². The highest BCUT2D eigenvalue weighted by molar-refractivity contribution is 5.95. The number of hydrogen-bond donors (Lipinski definition) is 2. The molecule has 128 valence electrons. The van der Waals surface area contributed by atoms with E-state index in [1.165, 1.54) is 0 Å². The van der Waals surface area contributed by atoms with Crippen LogP contribution in [0.25, 0.3) is 0 Å². The van der Waals surface area contributed by atoms with Crippen molar-refractivity contribution in [3.8, 4) is 11.5 Å². The number of amides is 1. The number of carboxylic acids is 1. The molecule has 0 aromatic heterocycles. The zero-order valence-electron chi connectivity index (χ0n) is 13.1. The topological polar surface area (TPSA) is 88.1 Å². The van der Waals surface area contributed by atoms with Gasteiger partial charge in [-0.2, -0.15) is 0 Å². The standard InChI is InChI=1S/C15H20N2O5.ClH/c1-3-6-17(8-14(18)19)10(2)15(20)16-11-4-5-12-13(7-11)22-9-21-12;/h4-5,7,10H,3,6,8-9H2,1-2H3,(H,16,20)(H,18,19);1H. The van der Waals surface area contributed by atoms with E-state index in [1.54, 1.807) is 30.0 Å². The molecule has 1 aliphatic heterocycles. The number of aliphatic carboxylic acids is 1. The lowest BCUT2D eigenvalue weighted by Gasteiger charge is -2.26. The maximum Gasteiger partial charge on any atom is 0.317 e. The Labute approximate surface area is 141 Å². The molecular formula is C15H21ClN2O5. The van der Waals surface area contributed by atoms with Crippen molar-refractivity contribution in [1.29, 1.82) is 0 Å². The first-order valence-electron chi connectivity index (χ1n) is 7.17. The fraction of sp³-hybridized carbons (Fsp3) is 0.467. The average Bonchev–Trinajstić information content (AvgIpc) is 2.93. The fourth-order valence-corrected chi connectivity index (χ4v) is 2.26. The number of carboxylic acid groups (broad SMARTS) is 1. The number of nitrogens with zero attached hydrogens (tertiary/aromatic N) is 1. The summed E-state index contributed by atoms with van der Waals surface area (Å²) in [6.07, 6.45) is 0.773. The maximum atomic E-state index is 12.3. The van der Waals surface area contributed by atoms with Crippen LogP contribution in [0.4, 0.5) is 5.69 Å². The van der Waals surface area contributed by atoms with Gasteiger partial charge in [-0.25, -0.2) is 0 Å². The van der Waals surface area contributed by atoms with Crippen LogP contribution in [0.5, 0.6) is 11.5 Å². The Morgan fingerprint density at radius 3 is 2.70 bits per heavy atom. The minimum Gasteiger partial charge on any atom is -0.480 e. The molecule has 23 heavy (non-hydrogen) atoms. The zero-order chi connectivity index (χ0) is 16.1. The molecule has 2 rings (SSSR count). The number of carbonyl (C=O) groups is 2. The number of rotatable bonds is 7. The van der Waals surface area contributed by atoms with Crippen molar-refractivity contribution in [3.63, 3.8) is 0 Å². The predicted molar refractivity (Wildman–Crippen MR) is 87.4 cm³/mol. The van der Waals surface area contributed by atoms with E-state index in [1.807, 2.05) is 6.92 Å². The summed E-state index contributed by atoms with van der Waals surface area (Å²) in [7, 11) is 0. The van der Waals surface area contributed by atoms with Crippen molar-refractivity contribution < 1.29 is 24.2 Å². The second kappa shape index (κ2) is 8.59. The quantitative estimate of drug-likeness (QED) is 0.786. The molecule has 0 fully saturated rings. The number of anilines is 1. The molecule has 1 amide bonds. The van der Waals surface area contributed by atoms with E-state index in [0.29, 0.717) is 23.7 Å². The van der Waals surface area contributed by atoms with Gasteiger partial charge in [0.05, 0.1) is 12.6 Å². The molecule has 2 N–H and O–H groups in total. The summed E-state index contributed by atoms with van der Waals surface area (Å²) >= 11 is 0. The third-order valence-corrected chi connectivity index (χ3v) is 3.42. The zero-order valence-corrected chi connectivity index (χ0v) is 13.9. The van der Waals surface area contributed by atoms with Gasteiger partial charge >= 0.3 is 5.97 Å². The summed E-state index contributed by atoms with van der Waals surface area (Å²) in [4.78, 5) is 24.8. The molecule has 7 nitrogen and oxygen atoms in total. The van der Waals surface area contributed by atoms with Gasteiger partial charge in [-0.1, -0.05) is 6.92 Å². The van der Waals surface area contributed by atoms with Crippen LogP contribution in [-0.2, 0) is 9.59 Å². The first kappa shape index (κ1) is 19.1. The van der Waals surface area contributed by atoms with Crippen molar-refractivity contribution in [3.05, 3.63) is 18.2 Å². The lowest BCUT2D eigenvalue weighted by atomic mass is 10.2. The van der Waals surface area contributed by atoms with Crippen LogP contribution in [0.15, 0.2) is 18.2 Å². The van der Waals surface area contributed by atoms with Gasteiger partial charge in [0, 0.05) is 11.8 Å². The first-order chi connectivity index (χ1) is 10.5. The van der Waals surface area contributed by atoms with Crippen LogP contribution in [0, 0.1) is 0 Å². The van der Waals surface area contributed by atoms with Crippen molar-refractivity contribution in [2.24, 2.45) is 0 Å². The lowest BCUT2D eigenvalue weighted by molar-refractivity contribution is -0.139. The molecule has 1 heterocycles. The number of halogens is 1. The van der Waals surface area contributed by atoms with E-state index in [0.717, 1.165) is 6.42 Å². The van der Waals surface area contributed by atoms with Gasteiger partial charge in [-0.15, -0.1) is 12.4 Å². The molecule has 8 heteroatoms. The van der Waals surface area contributed by atoms with Gasteiger partial charge in [0.25, 0.3) is 0 Å². The van der Waals surface area contributed by atoms with Crippen LogP contribution >= 0.6 is 12.4 Å². The minimum absolute atomic E-state index is 0. The summed E-state index contributed by atoms with van der Waals surface area (Å²) < 4.78 is 10.5. The van der Waals surface area contributed by atoms with Crippen LogP contribution in [0.1, 0.15) is 20.3 Å². The minimum atomic E-state index is -0.948. The smallest absolute Gasteiger partial charge is 0.317 e. The molecule has 0 spiro atoms. The number of benzene rings is 1. The third-order valence-electron chi connectivity index (χ3n) is 3.42. The number of carbonyl (C=O) groups excluding carboxylic acids is 1. The lowest BCUT2D eigenvalue weighted by Crippen LogP contribution is -2.44. The molecular weight excluding hydrogens is 324 g/mol. The number of ether oxygens (including phenoxy) is 2. The molecule has 0 saturated carbocycles. The second-order valence-electron chi connectivity index (χ2n) is 5.10. The Morgan fingerprint density at radius 1 is 1.35 bits per heavy atom. The molecule has 1 aromatic rings. The van der Waals surface area contributed by atoms with Gasteiger partial charge in [-0.05, 0) is 32.0 Å². The van der Waals surface area contributed by atoms with Crippen molar-refractivity contribution in [2.75, 3.05) is 25.2 Å². The van der Waals surface area contributed by atoms with Gasteiger partial charge in [0.2, 0.25) is 12.7 Å². The van der Waals surface area contributed by atoms with E-state index >= 15 is 0 Å². The second-order valence-corrected chi connectivity index (χ2v) is 5.10. The SMILES string of the molecule is CCCN(CC(=O)O)C(C)C(=O)Nc1ccc2c(c1)OCO2.Cl. The van der Waals surface area contributed by atoms with Gasteiger partial charge < -0.3 is 19.9 Å². The number of nitrogens with one attached hydrogen (secondary N) is 1. The van der Waals surface area contributed by atoms with E-state index in [4.69, 9.17) is 14.6 Å². The summed E-state index contributed by atoms with van der Waals surface area (Å²) in [5, 5.41) is 11.7. The van der Waals surface area contributed by atoms with Crippen molar-refractivity contribution in [1.82, 2.24) is 4.90 Å². The number of fused-ring (bicyclic) bond motifs is 1. The molecule has 1 unspecified atom stereocenters. The molecule has 1 aliphatic rings. The summed E-state index contributed by atoms with van der Waals surface area (Å²) in [6, 6.07) is 4.60. The highest BCUT2D eigenvalue weighted by Crippen LogP contribution is 2.34. The van der Waals surface area contributed by atoms with Gasteiger partial charge in [0.1, 0.15) is 0 Å². The van der Waals surface area contributed by atoms with E-state index in [-0.39, 0.29) is 31.7 Å². The fourth-order valence-electron chi connectivity index (χ4n) is 2.26. The highest BCUT2D eigenvalue weighted by Gasteiger charge is 2.23. The maximum absolute atomic E-state index is 12.3. The van der Waals surface area contributed by atoms with Crippen molar-refractivity contribution >= 4 is 30.0 Å². The predicted octanol–water partition coefficient (Wildman–Crippen LogP) is 1.96. The van der Waals surface area contributed by atoms with Crippen molar-refractivity contribution in [2.45, 2.75) is 26.3 Å². The molecule has 0 bridgehead atoms. The summed E-state index contributed by atoms with van der Waals surface area (Å²) in [5.41, 5.74) is 0.591. The Hall–Kier alpha value is -1.99. The molecule has 0 aliphatic carbocycles. The first-order valence-corrected chi connectivity index (χ1v) is 7.17. The van der Waals surface area contributed by atoms with E-state index < -0.39 is 12.0 Å². The Balaban J connectivity index is 0.00000264. The monoisotopic (exact) mass is 344 g/mol. The Morgan fingerprint density at radius 2 is 2.04 bits per heavy atom. The van der Waals surface area contributed by atoms with E-state index in [2.05, 4.69) is 5.32 Å². The Kier molecular flexibility index (Phi) is 7.12. The Bertz CT molecular complexity index is 567. The molecule has 0 saturated heterocycles. The normalized spacial score (nSPS) is 13.3. The molecule has 1 atom stereocenters. The van der Waals surface area contributed by atoms with Crippen LogP contribution in [-0.4, -0.2) is 47.8 Å². The largest absolute Gasteiger partial charge is 0.480 e. The average molecular weight is 345 g/mol. The molecule has 1 aromatic carbocycles. The van der Waals surface area contributed by atoms with Crippen LogP contribution < -0.4 is 14.8 Å². The molecule has 0 radical (unpaired) electrons. The summed E-state index contributed by atoms with van der Waals surface area (Å²) in [6.45, 7) is 4.19. The van der Waals surface area contributed by atoms with Crippen LogP contribution in [0.3, 0.4) is 0 Å². The van der Waals surface area contributed by atoms with Gasteiger partial charge in [-0.3, -0.25) is 14.5 Å². The highest BCUT2D eigenvalue weighted by atomic mass is 35.5. The third kappa shape index (κ3) is 5.01. The summed E-state index contributed by atoms with van der Waals surface area (Å²) in [5.74, 6) is 0.0238. The van der Waals surface area contributed by atoms with E-state index in [9.17, 15) is 9.59 Å².